The van der Waals surface area contributed by atoms with Gasteiger partial charge in [-0.15, -0.1) is 0 Å². The van der Waals surface area contributed by atoms with E-state index >= 15 is 0 Å². The van der Waals surface area contributed by atoms with Gasteiger partial charge in [-0.25, -0.2) is 0 Å². The molecule has 0 N–H and O–H groups in total. The van der Waals surface area contributed by atoms with Crippen LogP contribution in [0.15, 0.2) is 35.4 Å². The normalized spacial score (nSPS) is 18.5. The highest BCUT2D eigenvalue weighted by molar-refractivity contribution is 5.52. The highest BCUT2D eigenvalue weighted by Gasteiger charge is 2.15. The number of rotatable bonds is 1. The van der Waals surface area contributed by atoms with Crippen LogP contribution < -0.4 is 4.90 Å². The molecule has 0 fully saturated rings. The number of hydrogen-bond donors (Lipinski definition) is 0. The van der Waals surface area contributed by atoms with Crippen LogP contribution in [-0.2, 0) is 0 Å². The summed E-state index contributed by atoms with van der Waals surface area (Å²) in [4.78, 5) is 2.24. The molecule has 0 aliphatic carbocycles. The molecule has 2 rings (SSSR count). The summed E-state index contributed by atoms with van der Waals surface area (Å²) in [7, 11) is 0. The summed E-state index contributed by atoms with van der Waals surface area (Å²) in [6, 6.07) is 8.44. The molecule has 74 valence electrons. The lowest BCUT2D eigenvalue weighted by Crippen LogP contribution is -2.19. The van der Waals surface area contributed by atoms with Crippen molar-refractivity contribution >= 4 is 5.69 Å². The average molecular weight is 189 g/mol. The monoisotopic (exact) mass is 189 g/mol. The lowest BCUT2D eigenvalue weighted by Gasteiger charge is -2.18. The zero-order chi connectivity index (χ0) is 11.5. The minimum Gasteiger partial charge on any atom is -0.364 e. The first-order valence-electron chi connectivity index (χ1n) is 6.26. The zero-order valence-electron chi connectivity index (χ0n) is 10.6. The van der Waals surface area contributed by atoms with Gasteiger partial charge in [-0.1, -0.05) is 28.8 Å². The second-order valence-corrected chi connectivity index (χ2v) is 3.90. The Morgan fingerprint density at radius 1 is 1.07 bits per heavy atom. The van der Waals surface area contributed by atoms with E-state index in [0.717, 1.165) is 24.2 Å². The molecular formula is C13H17N. The van der Waals surface area contributed by atoms with Gasteiger partial charge in [-0.3, -0.25) is 0 Å². The predicted molar refractivity (Wildman–Crippen MR) is 61.8 cm³/mol. The van der Waals surface area contributed by atoms with Gasteiger partial charge >= 0.3 is 0 Å². The standard InChI is InChI=1S/C13H17N/c1-10-4-6-13(7-5-10)14-8-11(2)12(3)9-14/h4-7H,8-9H2,1-3H3/i2D,3D. The van der Waals surface area contributed by atoms with Gasteiger partial charge < -0.3 is 4.90 Å². The number of hydrogen-bond acceptors (Lipinski definition) is 1. The third-order valence-corrected chi connectivity index (χ3v) is 2.66. The van der Waals surface area contributed by atoms with Gasteiger partial charge in [0.05, 0.1) is 0 Å². The van der Waals surface area contributed by atoms with Crippen LogP contribution in [0.1, 0.15) is 22.1 Å². The Morgan fingerprint density at radius 2 is 1.64 bits per heavy atom. The minimum absolute atomic E-state index is 0.330. The lowest BCUT2D eigenvalue weighted by atomic mass is 10.2. The molecule has 14 heavy (non-hydrogen) atoms. The SMILES string of the molecule is [2H]CC1=C(C[2H])CN(c2ccc(C)cc2)C1. The molecule has 1 nitrogen and oxygen atoms in total. The summed E-state index contributed by atoms with van der Waals surface area (Å²) in [6.07, 6.45) is 0. The molecule has 0 saturated heterocycles. The summed E-state index contributed by atoms with van der Waals surface area (Å²) in [6.45, 7) is 4.38. The van der Waals surface area contributed by atoms with Gasteiger partial charge in [0.25, 0.3) is 0 Å². The summed E-state index contributed by atoms with van der Waals surface area (Å²) < 4.78 is 14.9. The number of aryl methyl sites for hydroxylation is 1. The number of nitrogens with zero attached hydrogens (tertiary/aromatic N) is 1. The average Bonchev–Trinajstić information content (AvgIpc) is 2.73. The van der Waals surface area contributed by atoms with Gasteiger partial charge in [0.15, 0.2) is 0 Å². The van der Waals surface area contributed by atoms with Crippen molar-refractivity contribution in [2.24, 2.45) is 0 Å². The van der Waals surface area contributed by atoms with E-state index in [1.54, 1.807) is 0 Å². The molecule has 0 saturated carbocycles. The Bertz CT molecular complexity index is 379. The van der Waals surface area contributed by atoms with Crippen molar-refractivity contribution in [3.63, 3.8) is 0 Å². The number of benzene rings is 1. The topological polar surface area (TPSA) is 3.24 Å². The van der Waals surface area contributed by atoms with Crippen LogP contribution in [0.25, 0.3) is 0 Å². The molecule has 1 aromatic rings. The fourth-order valence-electron chi connectivity index (χ4n) is 1.68. The van der Waals surface area contributed by atoms with Crippen molar-refractivity contribution in [3.8, 4) is 0 Å². The quantitative estimate of drug-likeness (QED) is 0.613. The Morgan fingerprint density at radius 3 is 2.14 bits per heavy atom. The molecule has 0 spiro atoms. The van der Waals surface area contributed by atoms with Crippen LogP contribution in [0.4, 0.5) is 5.69 Å². The van der Waals surface area contributed by atoms with E-state index < -0.39 is 0 Å². The van der Waals surface area contributed by atoms with Crippen molar-refractivity contribution in [2.45, 2.75) is 20.7 Å². The van der Waals surface area contributed by atoms with Crippen LogP contribution in [0.5, 0.6) is 0 Å². The van der Waals surface area contributed by atoms with E-state index in [2.05, 4.69) is 36.1 Å². The van der Waals surface area contributed by atoms with E-state index in [-0.39, 0.29) is 0 Å². The first kappa shape index (κ1) is 7.10. The largest absolute Gasteiger partial charge is 0.364 e. The van der Waals surface area contributed by atoms with Gasteiger partial charge in [0, 0.05) is 21.5 Å². The first-order chi connectivity index (χ1) is 7.74. The van der Waals surface area contributed by atoms with Crippen LogP contribution in [0.2, 0.25) is 0 Å². The Labute approximate surface area is 88.9 Å². The minimum atomic E-state index is 0.330. The van der Waals surface area contributed by atoms with E-state index in [1.165, 1.54) is 11.3 Å². The molecule has 1 heterocycles. The molecule has 0 amide bonds. The maximum atomic E-state index is 7.45. The first-order valence-corrected chi connectivity index (χ1v) is 4.84. The van der Waals surface area contributed by atoms with E-state index in [4.69, 9.17) is 2.74 Å². The number of anilines is 1. The molecule has 0 radical (unpaired) electrons. The van der Waals surface area contributed by atoms with E-state index in [1.807, 2.05) is 0 Å². The summed E-state index contributed by atoms with van der Waals surface area (Å²) in [5.74, 6) is 0. The highest BCUT2D eigenvalue weighted by Crippen LogP contribution is 2.23. The second kappa shape index (κ2) is 3.49. The van der Waals surface area contributed by atoms with Crippen LogP contribution >= 0.6 is 0 Å². The highest BCUT2D eigenvalue weighted by atomic mass is 15.1. The third kappa shape index (κ3) is 1.67. The van der Waals surface area contributed by atoms with E-state index in [9.17, 15) is 0 Å². The van der Waals surface area contributed by atoms with Crippen LogP contribution in [-0.4, -0.2) is 13.1 Å². The molecule has 0 aromatic heterocycles. The van der Waals surface area contributed by atoms with Crippen molar-refractivity contribution in [2.75, 3.05) is 18.0 Å². The van der Waals surface area contributed by atoms with Gasteiger partial charge in [-0.2, -0.15) is 0 Å². The molecule has 1 aliphatic heterocycles. The van der Waals surface area contributed by atoms with Gasteiger partial charge in [0.2, 0.25) is 0 Å². The molecule has 1 aromatic carbocycles. The maximum absolute atomic E-state index is 7.45. The Kier molecular flexibility index (Phi) is 1.77. The summed E-state index contributed by atoms with van der Waals surface area (Å²) in [5, 5.41) is 0. The second-order valence-electron chi connectivity index (χ2n) is 3.90. The van der Waals surface area contributed by atoms with Crippen molar-refractivity contribution in [1.82, 2.24) is 0 Å². The molecular weight excluding hydrogens is 170 g/mol. The summed E-state index contributed by atoms with van der Waals surface area (Å²) >= 11 is 0. The van der Waals surface area contributed by atoms with Crippen molar-refractivity contribution in [1.29, 1.82) is 0 Å². The van der Waals surface area contributed by atoms with Gasteiger partial charge in [0.1, 0.15) is 0 Å². The van der Waals surface area contributed by atoms with E-state index in [0.29, 0.717) is 13.8 Å². The lowest BCUT2D eigenvalue weighted by molar-refractivity contribution is 0.973. The predicted octanol–water partition coefficient (Wildman–Crippen LogP) is 3.15. The molecule has 1 heteroatoms. The molecule has 0 unspecified atom stereocenters. The molecule has 0 bridgehead atoms. The van der Waals surface area contributed by atoms with Crippen LogP contribution in [0, 0.1) is 6.92 Å². The smallest absolute Gasteiger partial charge is 0.0393 e. The third-order valence-electron chi connectivity index (χ3n) is 2.66. The van der Waals surface area contributed by atoms with Gasteiger partial charge in [-0.05, 0) is 32.9 Å². The fraction of sp³-hybridized carbons (Fsp3) is 0.385. The van der Waals surface area contributed by atoms with Crippen molar-refractivity contribution < 1.29 is 2.74 Å². The van der Waals surface area contributed by atoms with Crippen LogP contribution in [0.3, 0.4) is 0 Å². The summed E-state index contributed by atoms with van der Waals surface area (Å²) in [5.41, 5.74) is 4.70. The molecule has 1 aliphatic rings. The molecule has 0 atom stereocenters. The maximum Gasteiger partial charge on any atom is 0.0393 e. The Balaban J connectivity index is 2.13. The zero-order valence-corrected chi connectivity index (χ0v) is 8.59. The Hall–Kier alpha value is -1.24. The fourth-order valence-corrected chi connectivity index (χ4v) is 1.68. The van der Waals surface area contributed by atoms with Crippen molar-refractivity contribution in [3.05, 3.63) is 41.0 Å².